The molecule has 3 heterocycles. The SMILES string of the molecule is C1CCC2NC(c3nc(N4CCOCC4)no3)CC2C1. The molecule has 2 saturated heterocycles. The van der Waals surface area contributed by atoms with Gasteiger partial charge in [-0.25, -0.2) is 0 Å². The molecule has 6 heteroatoms. The molecule has 3 aliphatic rings. The molecule has 1 aromatic heterocycles. The smallest absolute Gasteiger partial charge is 0.266 e. The summed E-state index contributed by atoms with van der Waals surface area (Å²) in [5.41, 5.74) is 0. The molecule has 1 saturated carbocycles. The van der Waals surface area contributed by atoms with Crippen molar-refractivity contribution in [1.29, 1.82) is 0 Å². The maximum atomic E-state index is 5.50. The lowest BCUT2D eigenvalue weighted by Gasteiger charge is -2.24. The van der Waals surface area contributed by atoms with Crippen molar-refractivity contribution in [1.82, 2.24) is 15.5 Å². The van der Waals surface area contributed by atoms with Crippen LogP contribution in [0.3, 0.4) is 0 Å². The lowest BCUT2D eigenvalue weighted by atomic mass is 9.85. The topological polar surface area (TPSA) is 63.4 Å². The molecule has 2 aliphatic heterocycles. The van der Waals surface area contributed by atoms with Gasteiger partial charge in [0.25, 0.3) is 5.95 Å². The Morgan fingerprint density at radius 2 is 2.00 bits per heavy atom. The fourth-order valence-electron chi connectivity index (χ4n) is 3.77. The number of fused-ring (bicyclic) bond motifs is 1. The van der Waals surface area contributed by atoms with E-state index in [1.807, 2.05) is 0 Å². The number of ether oxygens (including phenoxy) is 1. The number of anilines is 1. The zero-order valence-corrected chi connectivity index (χ0v) is 11.8. The van der Waals surface area contributed by atoms with E-state index >= 15 is 0 Å². The highest BCUT2D eigenvalue weighted by Gasteiger charge is 2.38. The lowest BCUT2D eigenvalue weighted by molar-refractivity contribution is 0.121. The molecule has 20 heavy (non-hydrogen) atoms. The van der Waals surface area contributed by atoms with Crippen LogP contribution in [0.15, 0.2) is 4.52 Å². The van der Waals surface area contributed by atoms with Crippen LogP contribution < -0.4 is 10.2 Å². The molecule has 1 N–H and O–H groups in total. The van der Waals surface area contributed by atoms with Crippen LogP contribution in [0.1, 0.15) is 44.0 Å². The minimum Gasteiger partial charge on any atom is -0.378 e. The Hall–Kier alpha value is -1.14. The maximum absolute atomic E-state index is 5.50. The molecule has 1 aliphatic carbocycles. The summed E-state index contributed by atoms with van der Waals surface area (Å²) in [7, 11) is 0. The van der Waals surface area contributed by atoms with E-state index < -0.39 is 0 Å². The van der Waals surface area contributed by atoms with Crippen molar-refractivity contribution in [2.75, 3.05) is 31.2 Å². The lowest BCUT2D eigenvalue weighted by Crippen LogP contribution is -2.37. The van der Waals surface area contributed by atoms with Crippen LogP contribution in [0.5, 0.6) is 0 Å². The van der Waals surface area contributed by atoms with Crippen LogP contribution in [-0.2, 0) is 4.74 Å². The van der Waals surface area contributed by atoms with Crippen LogP contribution in [0.2, 0.25) is 0 Å². The van der Waals surface area contributed by atoms with Gasteiger partial charge in [0, 0.05) is 19.1 Å². The fourth-order valence-corrected chi connectivity index (χ4v) is 3.77. The van der Waals surface area contributed by atoms with Crippen molar-refractivity contribution in [3.63, 3.8) is 0 Å². The van der Waals surface area contributed by atoms with Crippen molar-refractivity contribution in [3.05, 3.63) is 5.89 Å². The summed E-state index contributed by atoms with van der Waals surface area (Å²) in [6.07, 6.45) is 6.52. The van der Waals surface area contributed by atoms with E-state index in [0.717, 1.165) is 50.5 Å². The van der Waals surface area contributed by atoms with E-state index in [2.05, 4.69) is 20.4 Å². The zero-order chi connectivity index (χ0) is 13.4. The molecule has 3 unspecified atom stereocenters. The predicted octanol–water partition coefficient (Wildman–Crippen LogP) is 1.50. The Morgan fingerprint density at radius 1 is 1.15 bits per heavy atom. The number of rotatable bonds is 2. The molecule has 0 radical (unpaired) electrons. The van der Waals surface area contributed by atoms with Crippen molar-refractivity contribution >= 4 is 5.95 Å². The van der Waals surface area contributed by atoms with E-state index in [1.165, 1.54) is 25.7 Å². The standard InChI is InChI=1S/C14H22N4O2/c1-2-4-11-10(3-1)9-12(15-11)13-16-14(17-20-13)18-5-7-19-8-6-18/h10-12,15H,1-9H2. The van der Waals surface area contributed by atoms with Crippen LogP contribution in [-0.4, -0.2) is 42.5 Å². The number of hydrogen-bond donors (Lipinski definition) is 1. The first-order chi connectivity index (χ1) is 9.90. The quantitative estimate of drug-likeness (QED) is 0.884. The number of nitrogens with zero attached hydrogens (tertiary/aromatic N) is 3. The van der Waals surface area contributed by atoms with Gasteiger partial charge in [-0.2, -0.15) is 4.98 Å². The summed E-state index contributed by atoms with van der Waals surface area (Å²) in [5, 5.41) is 7.83. The number of nitrogens with one attached hydrogen (secondary N) is 1. The van der Waals surface area contributed by atoms with Gasteiger partial charge in [-0.05, 0) is 30.3 Å². The van der Waals surface area contributed by atoms with Crippen molar-refractivity contribution in [2.45, 2.75) is 44.2 Å². The first-order valence-electron chi connectivity index (χ1n) is 7.82. The molecule has 0 amide bonds. The predicted molar refractivity (Wildman–Crippen MR) is 73.6 cm³/mol. The van der Waals surface area contributed by atoms with Gasteiger partial charge < -0.3 is 19.5 Å². The highest BCUT2D eigenvalue weighted by atomic mass is 16.5. The number of morpholine rings is 1. The van der Waals surface area contributed by atoms with E-state index in [4.69, 9.17) is 9.26 Å². The van der Waals surface area contributed by atoms with Crippen molar-refractivity contribution in [3.8, 4) is 0 Å². The summed E-state index contributed by atoms with van der Waals surface area (Å²) >= 11 is 0. The molecular weight excluding hydrogens is 256 g/mol. The second-order valence-corrected chi connectivity index (χ2v) is 6.14. The molecule has 0 spiro atoms. The van der Waals surface area contributed by atoms with Gasteiger partial charge in [0.05, 0.1) is 19.3 Å². The first kappa shape index (κ1) is 12.6. The molecule has 0 aromatic carbocycles. The highest BCUT2D eigenvalue weighted by molar-refractivity contribution is 5.28. The van der Waals surface area contributed by atoms with Crippen LogP contribution >= 0.6 is 0 Å². The van der Waals surface area contributed by atoms with Crippen LogP contribution in [0, 0.1) is 5.92 Å². The zero-order valence-electron chi connectivity index (χ0n) is 11.8. The molecule has 3 fully saturated rings. The monoisotopic (exact) mass is 278 g/mol. The summed E-state index contributed by atoms with van der Waals surface area (Å²) < 4.78 is 10.9. The Bertz CT molecular complexity index is 444. The van der Waals surface area contributed by atoms with Crippen molar-refractivity contribution < 1.29 is 9.26 Å². The van der Waals surface area contributed by atoms with Gasteiger partial charge in [0.15, 0.2) is 0 Å². The molecule has 110 valence electrons. The van der Waals surface area contributed by atoms with Crippen molar-refractivity contribution in [2.24, 2.45) is 5.92 Å². The molecule has 4 rings (SSSR count). The number of hydrogen-bond acceptors (Lipinski definition) is 6. The Kier molecular flexibility index (Phi) is 3.36. The molecule has 3 atom stereocenters. The Balaban J connectivity index is 1.45. The summed E-state index contributed by atoms with van der Waals surface area (Å²) in [6, 6.07) is 0.915. The minimum absolute atomic E-state index is 0.255. The van der Waals surface area contributed by atoms with Gasteiger partial charge in [-0.1, -0.05) is 12.8 Å². The first-order valence-corrected chi connectivity index (χ1v) is 7.82. The molecular formula is C14H22N4O2. The third-order valence-electron chi connectivity index (χ3n) is 4.89. The van der Waals surface area contributed by atoms with E-state index in [9.17, 15) is 0 Å². The molecule has 6 nitrogen and oxygen atoms in total. The second kappa shape index (κ2) is 5.33. The molecule has 1 aromatic rings. The summed E-state index contributed by atoms with van der Waals surface area (Å²) in [5.74, 6) is 2.29. The third kappa shape index (κ3) is 2.31. The maximum Gasteiger partial charge on any atom is 0.266 e. The highest BCUT2D eigenvalue weighted by Crippen LogP contribution is 2.38. The van der Waals surface area contributed by atoms with Crippen LogP contribution in [0.25, 0.3) is 0 Å². The normalized spacial score (nSPS) is 34.2. The molecule has 0 bridgehead atoms. The van der Waals surface area contributed by atoms with Gasteiger partial charge in [0.1, 0.15) is 0 Å². The number of aromatic nitrogens is 2. The van der Waals surface area contributed by atoms with Gasteiger partial charge in [-0.15, -0.1) is 0 Å². The Morgan fingerprint density at radius 3 is 2.85 bits per heavy atom. The Labute approximate surface area is 118 Å². The van der Waals surface area contributed by atoms with Crippen LogP contribution in [0.4, 0.5) is 5.95 Å². The summed E-state index contributed by atoms with van der Waals surface area (Å²) in [6.45, 7) is 3.19. The average Bonchev–Trinajstić information content (AvgIpc) is 3.14. The van der Waals surface area contributed by atoms with E-state index in [0.29, 0.717) is 6.04 Å². The minimum atomic E-state index is 0.255. The van der Waals surface area contributed by atoms with E-state index in [-0.39, 0.29) is 6.04 Å². The largest absolute Gasteiger partial charge is 0.378 e. The second-order valence-electron chi connectivity index (χ2n) is 6.14. The fraction of sp³-hybridized carbons (Fsp3) is 0.857. The van der Waals surface area contributed by atoms with Gasteiger partial charge in [-0.3, -0.25) is 0 Å². The van der Waals surface area contributed by atoms with Gasteiger partial charge in [0.2, 0.25) is 5.89 Å². The summed E-state index contributed by atoms with van der Waals surface area (Å²) in [4.78, 5) is 6.74. The average molecular weight is 278 g/mol. The van der Waals surface area contributed by atoms with Gasteiger partial charge >= 0.3 is 0 Å². The van der Waals surface area contributed by atoms with E-state index in [1.54, 1.807) is 0 Å². The third-order valence-corrected chi connectivity index (χ3v) is 4.89.